The number of aryl methyl sites for hydroxylation is 2. The summed E-state index contributed by atoms with van der Waals surface area (Å²) in [5.74, 6) is 0.790. The van der Waals surface area contributed by atoms with Crippen molar-refractivity contribution >= 4 is 5.91 Å². The maximum atomic E-state index is 12.8. The molecule has 28 heavy (non-hydrogen) atoms. The Morgan fingerprint density at radius 1 is 1.14 bits per heavy atom. The van der Waals surface area contributed by atoms with Crippen LogP contribution in [0, 0.1) is 19.8 Å². The molecule has 0 aliphatic carbocycles. The summed E-state index contributed by atoms with van der Waals surface area (Å²) in [5.41, 5.74) is 5.74. The first-order chi connectivity index (χ1) is 13.5. The Morgan fingerprint density at radius 3 is 2.54 bits per heavy atom. The third-order valence-electron chi connectivity index (χ3n) is 6.01. The first kappa shape index (κ1) is 20.6. The second-order valence-corrected chi connectivity index (χ2v) is 8.46. The Hall–Kier alpha value is -2.13. The Morgan fingerprint density at radius 2 is 1.89 bits per heavy atom. The molecule has 2 aromatic rings. The number of nitrogens with zero attached hydrogens (tertiary/aromatic N) is 1. The lowest BCUT2D eigenvalue weighted by molar-refractivity contribution is 0.0935. The van der Waals surface area contributed by atoms with Crippen molar-refractivity contribution in [2.45, 2.75) is 59.5 Å². The smallest absolute Gasteiger partial charge is 0.251 e. The fourth-order valence-electron chi connectivity index (χ4n) is 4.09. The molecule has 0 spiro atoms. The van der Waals surface area contributed by atoms with Gasteiger partial charge in [0.05, 0.1) is 6.04 Å². The molecule has 1 amide bonds. The predicted molar refractivity (Wildman–Crippen MR) is 117 cm³/mol. The summed E-state index contributed by atoms with van der Waals surface area (Å²) in [5, 5.41) is 3.20. The van der Waals surface area contributed by atoms with Crippen LogP contribution in [-0.4, -0.2) is 23.9 Å². The average molecular weight is 379 g/mol. The molecule has 0 aromatic heterocycles. The molecule has 0 bridgehead atoms. The number of carbonyl (C=O) groups is 1. The van der Waals surface area contributed by atoms with Gasteiger partial charge in [0, 0.05) is 18.7 Å². The van der Waals surface area contributed by atoms with Gasteiger partial charge in [-0.3, -0.25) is 9.69 Å². The topological polar surface area (TPSA) is 32.3 Å². The first-order valence-corrected chi connectivity index (χ1v) is 10.7. The predicted octanol–water partition coefficient (Wildman–Crippen LogP) is 5.42. The van der Waals surface area contributed by atoms with Crippen LogP contribution in [0.3, 0.4) is 0 Å². The minimum atomic E-state index is 0.00298. The number of hydrogen-bond donors (Lipinski definition) is 1. The quantitative estimate of drug-likeness (QED) is 0.728. The van der Waals surface area contributed by atoms with Gasteiger partial charge in [-0.25, -0.2) is 0 Å². The number of hydrogen-bond acceptors (Lipinski definition) is 2. The highest BCUT2D eigenvalue weighted by atomic mass is 16.1. The van der Waals surface area contributed by atoms with Crippen LogP contribution in [0.4, 0.5) is 0 Å². The van der Waals surface area contributed by atoms with Gasteiger partial charge in [0.25, 0.3) is 5.91 Å². The highest BCUT2D eigenvalue weighted by molar-refractivity contribution is 5.94. The Balaban J connectivity index is 1.62. The van der Waals surface area contributed by atoms with Crippen LogP contribution in [-0.2, 0) is 6.54 Å². The van der Waals surface area contributed by atoms with Crippen molar-refractivity contribution in [3.05, 3.63) is 70.3 Å². The van der Waals surface area contributed by atoms with Crippen molar-refractivity contribution in [1.82, 2.24) is 10.2 Å². The zero-order chi connectivity index (χ0) is 20.1. The van der Waals surface area contributed by atoms with Gasteiger partial charge >= 0.3 is 0 Å². The summed E-state index contributed by atoms with van der Waals surface area (Å²) < 4.78 is 0. The van der Waals surface area contributed by atoms with E-state index in [0.29, 0.717) is 0 Å². The SMILES string of the molecule is CC[C@@H](NC(=O)c1ccc(CN2CCC[C@H](C)C2)cc1)c1ccc(C)c(C)c1. The third kappa shape index (κ3) is 5.23. The highest BCUT2D eigenvalue weighted by Crippen LogP contribution is 2.21. The molecule has 150 valence electrons. The van der Waals surface area contributed by atoms with E-state index in [4.69, 9.17) is 0 Å². The molecule has 1 N–H and O–H groups in total. The molecule has 1 aliphatic rings. The van der Waals surface area contributed by atoms with Gasteiger partial charge in [-0.05, 0) is 80.0 Å². The molecule has 1 fully saturated rings. The van der Waals surface area contributed by atoms with Gasteiger partial charge in [-0.2, -0.15) is 0 Å². The van der Waals surface area contributed by atoms with Gasteiger partial charge in [0.2, 0.25) is 0 Å². The van der Waals surface area contributed by atoms with E-state index in [9.17, 15) is 4.79 Å². The van der Waals surface area contributed by atoms with E-state index < -0.39 is 0 Å². The molecule has 1 heterocycles. The summed E-state index contributed by atoms with van der Waals surface area (Å²) in [6.45, 7) is 12.0. The minimum absolute atomic E-state index is 0.00298. The van der Waals surface area contributed by atoms with Crippen LogP contribution < -0.4 is 5.32 Å². The molecule has 0 saturated carbocycles. The van der Waals surface area contributed by atoms with Crippen molar-refractivity contribution in [2.24, 2.45) is 5.92 Å². The largest absolute Gasteiger partial charge is 0.345 e. The van der Waals surface area contributed by atoms with E-state index in [1.54, 1.807) is 0 Å². The lowest BCUT2D eigenvalue weighted by Gasteiger charge is -2.30. The molecule has 3 nitrogen and oxygen atoms in total. The summed E-state index contributed by atoms with van der Waals surface area (Å²) in [4.78, 5) is 15.3. The highest BCUT2D eigenvalue weighted by Gasteiger charge is 2.17. The van der Waals surface area contributed by atoms with E-state index in [-0.39, 0.29) is 11.9 Å². The van der Waals surface area contributed by atoms with Crippen LogP contribution in [0.25, 0.3) is 0 Å². The van der Waals surface area contributed by atoms with E-state index in [0.717, 1.165) is 24.4 Å². The lowest BCUT2D eigenvalue weighted by Crippen LogP contribution is -2.33. The molecule has 2 atom stereocenters. The van der Waals surface area contributed by atoms with Crippen LogP contribution in [0.5, 0.6) is 0 Å². The zero-order valence-corrected chi connectivity index (χ0v) is 17.8. The lowest BCUT2D eigenvalue weighted by atomic mass is 9.99. The fraction of sp³-hybridized carbons (Fsp3) is 0.480. The molecule has 0 unspecified atom stereocenters. The number of nitrogens with one attached hydrogen (secondary N) is 1. The summed E-state index contributed by atoms with van der Waals surface area (Å²) in [7, 11) is 0. The van der Waals surface area contributed by atoms with Crippen molar-refractivity contribution < 1.29 is 4.79 Å². The third-order valence-corrected chi connectivity index (χ3v) is 6.01. The van der Waals surface area contributed by atoms with Gasteiger partial charge < -0.3 is 5.32 Å². The number of benzene rings is 2. The maximum Gasteiger partial charge on any atom is 0.251 e. The van der Waals surface area contributed by atoms with Crippen LogP contribution >= 0.6 is 0 Å². The Labute approximate surface area is 170 Å². The second-order valence-electron chi connectivity index (χ2n) is 8.46. The van der Waals surface area contributed by atoms with Crippen molar-refractivity contribution in [2.75, 3.05) is 13.1 Å². The van der Waals surface area contributed by atoms with E-state index >= 15 is 0 Å². The standard InChI is InChI=1S/C25H34N2O/c1-5-24(23-11-8-19(3)20(4)15-23)26-25(28)22-12-9-21(10-13-22)17-27-14-6-7-18(2)16-27/h8-13,15,18,24H,5-7,14,16-17H2,1-4H3,(H,26,28)/t18-,24+/m0/s1. The molecule has 2 aromatic carbocycles. The van der Waals surface area contributed by atoms with Gasteiger partial charge in [0.15, 0.2) is 0 Å². The molecule has 3 rings (SSSR count). The number of likely N-dealkylation sites (tertiary alicyclic amines) is 1. The fourth-order valence-corrected chi connectivity index (χ4v) is 4.09. The van der Waals surface area contributed by atoms with Crippen LogP contribution in [0.15, 0.2) is 42.5 Å². The van der Waals surface area contributed by atoms with E-state index in [2.05, 4.69) is 68.2 Å². The number of piperidine rings is 1. The molecule has 3 heteroatoms. The van der Waals surface area contributed by atoms with E-state index in [1.807, 2.05) is 12.1 Å². The minimum Gasteiger partial charge on any atom is -0.345 e. The second kappa shape index (κ2) is 9.38. The monoisotopic (exact) mass is 378 g/mol. The number of rotatable bonds is 6. The summed E-state index contributed by atoms with van der Waals surface area (Å²) >= 11 is 0. The normalized spacial score (nSPS) is 18.6. The van der Waals surface area contributed by atoms with E-state index in [1.165, 1.54) is 48.2 Å². The number of carbonyl (C=O) groups excluding carboxylic acids is 1. The molecular formula is C25H34N2O. The first-order valence-electron chi connectivity index (χ1n) is 10.7. The van der Waals surface area contributed by atoms with Crippen LogP contribution in [0.2, 0.25) is 0 Å². The van der Waals surface area contributed by atoms with Crippen LogP contribution in [0.1, 0.15) is 71.8 Å². The molecule has 1 saturated heterocycles. The average Bonchev–Trinajstić information content (AvgIpc) is 2.69. The van der Waals surface area contributed by atoms with Crippen molar-refractivity contribution in [1.29, 1.82) is 0 Å². The molecule has 1 aliphatic heterocycles. The summed E-state index contributed by atoms with van der Waals surface area (Å²) in [6.07, 6.45) is 3.51. The summed E-state index contributed by atoms with van der Waals surface area (Å²) in [6, 6.07) is 14.6. The number of amides is 1. The van der Waals surface area contributed by atoms with Gasteiger partial charge in [-0.15, -0.1) is 0 Å². The van der Waals surface area contributed by atoms with Crippen molar-refractivity contribution in [3.8, 4) is 0 Å². The Kier molecular flexibility index (Phi) is 6.90. The zero-order valence-electron chi connectivity index (χ0n) is 17.8. The molecule has 0 radical (unpaired) electrons. The molecular weight excluding hydrogens is 344 g/mol. The van der Waals surface area contributed by atoms with Gasteiger partial charge in [-0.1, -0.05) is 44.2 Å². The maximum absolute atomic E-state index is 12.8. The Bertz CT molecular complexity index is 797. The van der Waals surface area contributed by atoms with Gasteiger partial charge in [0.1, 0.15) is 0 Å². The van der Waals surface area contributed by atoms with Crippen molar-refractivity contribution in [3.63, 3.8) is 0 Å².